The molecule has 1 atom stereocenters. The number of morpholine rings is 1. The first-order valence-electron chi connectivity index (χ1n) is 10.2. The van der Waals surface area contributed by atoms with Crippen LogP contribution < -0.4 is 4.90 Å². The minimum Gasteiger partial charge on any atom is -0.468 e. The van der Waals surface area contributed by atoms with Crippen molar-refractivity contribution in [3.05, 3.63) is 66.4 Å². The second-order valence-electron chi connectivity index (χ2n) is 7.75. The van der Waals surface area contributed by atoms with Crippen LogP contribution in [0.15, 0.2) is 59.3 Å². The fourth-order valence-electron chi connectivity index (χ4n) is 3.81. The fourth-order valence-corrected chi connectivity index (χ4v) is 5.28. The highest BCUT2D eigenvalue weighted by Crippen LogP contribution is 2.25. The Hall–Kier alpha value is -3.10. The Morgan fingerprint density at radius 2 is 1.97 bits per heavy atom. The number of nitrogens with one attached hydrogen (secondary N) is 1. The molecule has 0 saturated carbocycles. The summed E-state index contributed by atoms with van der Waals surface area (Å²) in [4.78, 5) is 15.0. The molecule has 1 aromatic carbocycles. The van der Waals surface area contributed by atoms with Crippen LogP contribution in [0.2, 0.25) is 0 Å². The van der Waals surface area contributed by atoms with Crippen molar-refractivity contribution >= 4 is 32.1 Å². The van der Waals surface area contributed by atoms with Gasteiger partial charge in [0.1, 0.15) is 11.6 Å². The molecular formula is C23H24N4O3S. The molecular weight excluding hydrogens is 412 g/mol. The molecule has 0 bridgehead atoms. The van der Waals surface area contributed by atoms with Crippen molar-refractivity contribution in [2.24, 2.45) is 0 Å². The monoisotopic (exact) mass is 436 g/mol. The lowest BCUT2D eigenvalue weighted by Crippen LogP contribution is -2.37. The molecule has 5 rings (SSSR count). The molecule has 1 fully saturated rings. The number of nitrogens with zero attached hydrogens (tertiary/aromatic N) is 3. The third-order valence-corrected chi connectivity index (χ3v) is 6.94. The Morgan fingerprint density at radius 3 is 2.77 bits per heavy atom. The number of furan rings is 1. The van der Waals surface area contributed by atoms with Crippen LogP contribution in [0.5, 0.6) is 0 Å². The normalized spacial score (nSPS) is 16.5. The van der Waals surface area contributed by atoms with Gasteiger partial charge in [0.15, 0.2) is 5.82 Å². The summed E-state index contributed by atoms with van der Waals surface area (Å²) < 4.78 is 24.1. The molecule has 1 aliphatic rings. The first kappa shape index (κ1) is 19.8. The molecule has 1 unspecified atom stereocenters. The van der Waals surface area contributed by atoms with E-state index in [0.29, 0.717) is 30.5 Å². The summed E-state index contributed by atoms with van der Waals surface area (Å²) in [5.74, 6) is 6.64. The molecule has 1 aliphatic heterocycles. The van der Waals surface area contributed by atoms with Crippen LogP contribution >= 0.6 is 0 Å². The topological polar surface area (TPSA) is 84.3 Å². The molecule has 7 nitrogen and oxygen atoms in total. The number of rotatable bonds is 6. The summed E-state index contributed by atoms with van der Waals surface area (Å²) in [7, 11) is -2.46. The molecule has 31 heavy (non-hydrogen) atoms. The third kappa shape index (κ3) is 4.50. The van der Waals surface area contributed by atoms with E-state index >= 15 is 0 Å². The van der Waals surface area contributed by atoms with Gasteiger partial charge in [0.25, 0.3) is 0 Å². The standard InChI is InChI=1S/C23H24N4O3S/c1-31(28,16-20-3-2-10-30-20)15-19-14-22(27-8-11-29-12-9-27)26-23(25-19)18-4-5-21-17(13-18)6-7-24-21/h2-7,10,13-14,24H,1,8-9,11-12,15-16H2. The van der Waals surface area contributed by atoms with Gasteiger partial charge in [0.2, 0.25) is 0 Å². The Bertz CT molecular complexity index is 1290. The number of fused-ring (bicyclic) bond motifs is 1. The summed E-state index contributed by atoms with van der Waals surface area (Å²) in [6.07, 6.45) is 3.50. The van der Waals surface area contributed by atoms with E-state index in [1.807, 2.05) is 36.5 Å². The quantitative estimate of drug-likeness (QED) is 0.466. The van der Waals surface area contributed by atoms with E-state index in [1.54, 1.807) is 12.3 Å². The lowest BCUT2D eigenvalue weighted by molar-refractivity contribution is 0.122. The maximum atomic E-state index is 13.2. The van der Waals surface area contributed by atoms with Crippen LogP contribution in [-0.4, -0.2) is 51.3 Å². The van der Waals surface area contributed by atoms with Crippen LogP contribution in [-0.2, 0) is 25.8 Å². The van der Waals surface area contributed by atoms with Gasteiger partial charge in [-0.05, 0) is 51.8 Å². The number of ether oxygens (including phenoxy) is 1. The largest absolute Gasteiger partial charge is 0.468 e. The average Bonchev–Trinajstić information content (AvgIpc) is 3.44. The van der Waals surface area contributed by atoms with Crippen LogP contribution in [0.4, 0.5) is 5.82 Å². The summed E-state index contributed by atoms with van der Waals surface area (Å²) in [5.41, 5.74) is 2.70. The minimum atomic E-state index is -2.46. The maximum Gasteiger partial charge on any atom is 0.161 e. The van der Waals surface area contributed by atoms with Gasteiger partial charge in [-0.25, -0.2) is 9.97 Å². The Morgan fingerprint density at radius 1 is 1.10 bits per heavy atom. The van der Waals surface area contributed by atoms with Crippen molar-refractivity contribution in [1.29, 1.82) is 0 Å². The van der Waals surface area contributed by atoms with Gasteiger partial charge in [0, 0.05) is 41.8 Å². The van der Waals surface area contributed by atoms with Crippen LogP contribution in [0.25, 0.3) is 22.3 Å². The number of aromatic amines is 1. The molecule has 0 amide bonds. The number of H-pyrrole nitrogens is 1. The van der Waals surface area contributed by atoms with E-state index in [2.05, 4.69) is 21.8 Å². The van der Waals surface area contributed by atoms with Gasteiger partial charge in [-0.1, -0.05) is 0 Å². The average molecular weight is 437 g/mol. The van der Waals surface area contributed by atoms with Crippen molar-refractivity contribution in [3.8, 4) is 11.4 Å². The van der Waals surface area contributed by atoms with Crippen molar-refractivity contribution in [1.82, 2.24) is 15.0 Å². The molecule has 4 aromatic rings. The minimum absolute atomic E-state index is 0.257. The second-order valence-corrected chi connectivity index (χ2v) is 10.3. The lowest BCUT2D eigenvalue weighted by atomic mass is 10.1. The van der Waals surface area contributed by atoms with Crippen LogP contribution in [0.3, 0.4) is 0 Å². The molecule has 1 N–H and O–H groups in total. The first-order chi connectivity index (χ1) is 15.1. The first-order valence-corrected chi connectivity index (χ1v) is 12.3. The molecule has 0 radical (unpaired) electrons. The summed E-state index contributed by atoms with van der Waals surface area (Å²) in [6.45, 7) is 2.85. The van der Waals surface area contributed by atoms with Gasteiger partial charge in [-0.3, -0.25) is 4.21 Å². The Labute approximate surface area is 181 Å². The van der Waals surface area contributed by atoms with E-state index in [-0.39, 0.29) is 11.5 Å². The lowest BCUT2D eigenvalue weighted by Gasteiger charge is -2.28. The van der Waals surface area contributed by atoms with Crippen molar-refractivity contribution < 1.29 is 13.4 Å². The van der Waals surface area contributed by atoms with Gasteiger partial charge < -0.3 is 19.0 Å². The maximum absolute atomic E-state index is 13.2. The van der Waals surface area contributed by atoms with E-state index in [0.717, 1.165) is 35.4 Å². The molecule has 4 heterocycles. The molecule has 3 aromatic heterocycles. The highest BCUT2D eigenvalue weighted by molar-refractivity contribution is 7.98. The van der Waals surface area contributed by atoms with E-state index in [4.69, 9.17) is 19.1 Å². The molecule has 8 heteroatoms. The van der Waals surface area contributed by atoms with Crippen molar-refractivity contribution in [3.63, 3.8) is 0 Å². The van der Waals surface area contributed by atoms with Gasteiger partial charge in [-0.2, -0.15) is 0 Å². The highest BCUT2D eigenvalue weighted by Gasteiger charge is 2.18. The van der Waals surface area contributed by atoms with Gasteiger partial charge in [-0.15, -0.1) is 0 Å². The zero-order chi connectivity index (χ0) is 21.3. The molecule has 0 aliphatic carbocycles. The number of hydrogen-bond donors (Lipinski definition) is 1. The van der Waals surface area contributed by atoms with Crippen LogP contribution in [0.1, 0.15) is 11.5 Å². The van der Waals surface area contributed by atoms with E-state index in [1.165, 1.54) is 0 Å². The Kier molecular flexibility index (Phi) is 5.25. The van der Waals surface area contributed by atoms with Gasteiger partial charge in [0.05, 0.1) is 36.7 Å². The number of benzene rings is 1. The fraction of sp³-hybridized carbons (Fsp3) is 0.261. The summed E-state index contributed by atoms with van der Waals surface area (Å²) >= 11 is 0. The summed E-state index contributed by atoms with van der Waals surface area (Å²) in [6, 6.07) is 13.7. The van der Waals surface area contributed by atoms with Crippen molar-refractivity contribution in [2.75, 3.05) is 31.2 Å². The van der Waals surface area contributed by atoms with E-state index < -0.39 is 9.52 Å². The van der Waals surface area contributed by atoms with Crippen LogP contribution in [0, 0.1) is 0 Å². The number of hydrogen-bond acceptors (Lipinski definition) is 6. The second kappa shape index (κ2) is 8.20. The number of anilines is 1. The number of aromatic nitrogens is 3. The predicted molar refractivity (Wildman–Crippen MR) is 124 cm³/mol. The zero-order valence-electron chi connectivity index (χ0n) is 17.1. The molecule has 0 spiro atoms. The zero-order valence-corrected chi connectivity index (χ0v) is 17.9. The smallest absolute Gasteiger partial charge is 0.161 e. The molecule has 160 valence electrons. The Balaban J connectivity index is 1.52. The van der Waals surface area contributed by atoms with E-state index in [9.17, 15) is 4.21 Å². The molecule has 1 saturated heterocycles. The SMILES string of the molecule is C=S(=O)(Cc1cc(N2CCOCC2)nc(-c2ccc3[nH]ccc3c2)n1)Cc1ccco1. The summed E-state index contributed by atoms with van der Waals surface area (Å²) in [5, 5.41) is 1.10. The van der Waals surface area contributed by atoms with Crippen molar-refractivity contribution in [2.45, 2.75) is 11.5 Å². The highest BCUT2D eigenvalue weighted by atomic mass is 32.2. The predicted octanol–water partition coefficient (Wildman–Crippen LogP) is 3.47. The van der Waals surface area contributed by atoms with Gasteiger partial charge >= 0.3 is 0 Å². The third-order valence-electron chi connectivity index (χ3n) is 5.31.